The Labute approximate surface area is 310 Å². The normalized spacial score (nSPS) is 18.4. The van der Waals surface area contributed by atoms with Gasteiger partial charge in [-0.25, -0.2) is 4.98 Å². The number of carboxylic acid groups (broad SMARTS) is 1. The predicted molar refractivity (Wildman–Crippen MR) is 196 cm³/mol. The third kappa shape index (κ3) is 7.70. The summed E-state index contributed by atoms with van der Waals surface area (Å²) in [5.74, 6) is -0.334. The molecule has 2 saturated heterocycles. The Bertz CT molecular complexity index is 2000. The van der Waals surface area contributed by atoms with E-state index in [2.05, 4.69) is 25.9 Å². The fraction of sp³-hybridized carbons (Fsp3) is 0.342. The molecule has 3 aliphatic rings. The number of nitrogens with zero attached hydrogens (tertiary/aromatic N) is 3. The lowest BCUT2D eigenvalue weighted by Gasteiger charge is -2.36. The molecule has 2 amide bonds. The molecule has 4 N–H and O–H groups in total. The van der Waals surface area contributed by atoms with E-state index in [1.165, 1.54) is 0 Å². The monoisotopic (exact) mass is 744 g/mol. The Balaban J connectivity index is 1.02. The number of hydrogen-bond acceptors (Lipinski definition) is 9. The molecule has 2 aromatic heterocycles. The Morgan fingerprint density at radius 1 is 1.04 bits per heavy atom. The zero-order valence-corrected chi connectivity index (χ0v) is 30.0. The van der Waals surface area contributed by atoms with E-state index in [9.17, 15) is 14.4 Å². The van der Waals surface area contributed by atoms with Gasteiger partial charge in [0.2, 0.25) is 17.7 Å². The fourth-order valence-electron chi connectivity index (χ4n) is 7.02. The molecule has 0 unspecified atom stereocenters. The van der Waals surface area contributed by atoms with Gasteiger partial charge in [-0.3, -0.25) is 19.3 Å². The summed E-state index contributed by atoms with van der Waals surface area (Å²) in [5, 5.41) is 18.9. The number of aliphatic carboxylic acids is 1. The van der Waals surface area contributed by atoms with Gasteiger partial charge in [-0.2, -0.15) is 4.98 Å². The average molecular weight is 746 g/mol. The lowest BCUT2D eigenvalue weighted by molar-refractivity contribution is -0.147. The highest BCUT2D eigenvalue weighted by atomic mass is 35.5. The van der Waals surface area contributed by atoms with Gasteiger partial charge >= 0.3 is 5.97 Å². The molecule has 12 nitrogen and oxygen atoms in total. The average Bonchev–Trinajstić information content (AvgIpc) is 3.73. The third-order valence-corrected chi connectivity index (χ3v) is 10.4. The van der Waals surface area contributed by atoms with E-state index in [1.807, 2.05) is 41.3 Å². The number of nitrogens with one attached hydrogen (secondary N) is 3. The molecular formula is C38H38Cl2N6O6. The standard InChI is InChI=1S/C38H38Cl2N6O6/c1-51-36-22(16-41-17-24-9-13-33(47)43-24)14-30(39)37(45-36)52-31-11-10-26-25(4-2-5-27(26)31)28-6-3-7-29(34(28)40)35(48)44-32-12-8-21(15-42-32)18-46-19-23(20-46)38(49)50/h2-8,12,14-15,23-24,31,41H,9-11,13,16-20H2,1H3,(H,43,47)(H,49,50)(H,42,44,48)/t24-,31-/m0/s1. The van der Waals surface area contributed by atoms with E-state index in [0.29, 0.717) is 72.9 Å². The summed E-state index contributed by atoms with van der Waals surface area (Å²) >= 11 is 13.6. The van der Waals surface area contributed by atoms with Crippen molar-refractivity contribution in [2.45, 2.75) is 50.9 Å². The number of carbonyl (C=O) groups excluding carboxylic acids is 2. The van der Waals surface area contributed by atoms with Gasteiger partial charge in [-0.05, 0) is 59.7 Å². The van der Waals surface area contributed by atoms with E-state index in [4.69, 9.17) is 37.8 Å². The van der Waals surface area contributed by atoms with Crippen LogP contribution in [0.5, 0.6) is 11.8 Å². The van der Waals surface area contributed by atoms with Crippen LogP contribution in [0.15, 0.2) is 60.8 Å². The smallest absolute Gasteiger partial charge is 0.309 e. The summed E-state index contributed by atoms with van der Waals surface area (Å²) < 4.78 is 12.0. The molecule has 2 fully saturated rings. The van der Waals surface area contributed by atoms with Crippen molar-refractivity contribution in [2.75, 3.05) is 32.1 Å². The van der Waals surface area contributed by atoms with Crippen LogP contribution in [0.4, 0.5) is 5.82 Å². The lowest BCUT2D eigenvalue weighted by atomic mass is 9.95. The first-order valence-electron chi connectivity index (χ1n) is 17.2. The zero-order chi connectivity index (χ0) is 36.4. The van der Waals surface area contributed by atoms with Gasteiger partial charge in [0.05, 0.1) is 23.6 Å². The van der Waals surface area contributed by atoms with Crippen LogP contribution in [0.3, 0.4) is 0 Å². The van der Waals surface area contributed by atoms with Crippen molar-refractivity contribution in [1.29, 1.82) is 0 Å². The van der Waals surface area contributed by atoms with E-state index in [1.54, 1.807) is 31.5 Å². The Hall–Kier alpha value is -4.75. The highest BCUT2D eigenvalue weighted by Gasteiger charge is 2.32. The molecule has 2 aromatic carbocycles. The van der Waals surface area contributed by atoms with Crippen molar-refractivity contribution in [3.63, 3.8) is 0 Å². The SMILES string of the molecule is COc1nc(O[C@H]2CCc3c(-c4cccc(C(=O)Nc5ccc(CN6CC(C(=O)O)C6)cn5)c4Cl)cccc32)c(Cl)cc1CNC[C@@H]1CCC(=O)N1. The zero-order valence-electron chi connectivity index (χ0n) is 28.5. The number of methoxy groups -OCH3 is 1. The van der Waals surface area contributed by atoms with E-state index in [0.717, 1.165) is 46.2 Å². The van der Waals surface area contributed by atoms with Crippen molar-refractivity contribution in [3.05, 3.63) is 98.7 Å². The number of anilines is 1. The molecule has 4 aromatic rings. The largest absolute Gasteiger partial charge is 0.481 e. The number of pyridine rings is 2. The maximum Gasteiger partial charge on any atom is 0.309 e. The first kappa shape index (κ1) is 35.6. The van der Waals surface area contributed by atoms with Crippen molar-refractivity contribution in [2.24, 2.45) is 5.92 Å². The second-order valence-electron chi connectivity index (χ2n) is 13.3. The first-order valence-corrected chi connectivity index (χ1v) is 17.9. The number of amides is 2. The maximum atomic E-state index is 13.4. The van der Waals surface area contributed by atoms with Crippen molar-refractivity contribution in [1.82, 2.24) is 25.5 Å². The molecule has 0 radical (unpaired) electrons. The van der Waals surface area contributed by atoms with Gasteiger partial charge in [0, 0.05) is 62.5 Å². The molecule has 2 atom stereocenters. The summed E-state index contributed by atoms with van der Waals surface area (Å²) in [6.45, 7) is 2.72. The predicted octanol–water partition coefficient (Wildman–Crippen LogP) is 5.66. The molecule has 0 bridgehead atoms. The van der Waals surface area contributed by atoms with Crippen molar-refractivity contribution >= 4 is 46.8 Å². The number of rotatable bonds is 13. The van der Waals surface area contributed by atoms with Crippen LogP contribution >= 0.6 is 23.2 Å². The number of carboxylic acids is 1. The van der Waals surface area contributed by atoms with E-state index in [-0.39, 0.29) is 35.8 Å². The molecule has 2 aliphatic heterocycles. The number of benzene rings is 2. The number of aromatic nitrogens is 2. The minimum Gasteiger partial charge on any atom is -0.481 e. The minimum absolute atomic E-state index is 0.0755. The third-order valence-electron chi connectivity index (χ3n) is 9.75. The van der Waals surface area contributed by atoms with Crippen LogP contribution in [0.25, 0.3) is 11.1 Å². The number of halogens is 2. The van der Waals surface area contributed by atoms with Crippen LogP contribution < -0.4 is 25.4 Å². The van der Waals surface area contributed by atoms with Crippen LogP contribution in [-0.2, 0) is 29.1 Å². The van der Waals surface area contributed by atoms with Gasteiger partial charge in [0.15, 0.2) is 0 Å². The number of fused-ring (bicyclic) bond motifs is 1. The fourth-order valence-corrected chi connectivity index (χ4v) is 7.55. The van der Waals surface area contributed by atoms with Gasteiger partial charge < -0.3 is 30.5 Å². The van der Waals surface area contributed by atoms with Gasteiger partial charge in [-0.15, -0.1) is 0 Å². The highest BCUT2D eigenvalue weighted by molar-refractivity contribution is 6.37. The summed E-state index contributed by atoms with van der Waals surface area (Å²) in [5.41, 5.74) is 5.74. The summed E-state index contributed by atoms with van der Waals surface area (Å²) in [7, 11) is 1.55. The van der Waals surface area contributed by atoms with Crippen LogP contribution in [0.2, 0.25) is 10.0 Å². The van der Waals surface area contributed by atoms with Crippen molar-refractivity contribution in [3.8, 4) is 22.9 Å². The Morgan fingerprint density at radius 3 is 2.58 bits per heavy atom. The first-order chi connectivity index (χ1) is 25.2. The summed E-state index contributed by atoms with van der Waals surface area (Å²) in [6, 6.07) is 16.8. The van der Waals surface area contributed by atoms with Crippen LogP contribution in [0.1, 0.15) is 58.0 Å². The van der Waals surface area contributed by atoms with Gasteiger partial charge in [-0.1, -0.05) is 59.6 Å². The second kappa shape index (κ2) is 15.5. The topological polar surface area (TPSA) is 155 Å². The minimum atomic E-state index is -0.773. The molecule has 14 heteroatoms. The van der Waals surface area contributed by atoms with E-state index < -0.39 is 5.97 Å². The van der Waals surface area contributed by atoms with Crippen LogP contribution in [-0.4, -0.2) is 70.5 Å². The lowest BCUT2D eigenvalue weighted by Crippen LogP contribution is -2.49. The number of likely N-dealkylation sites (tertiary alicyclic amines) is 1. The maximum absolute atomic E-state index is 13.4. The number of hydrogen-bond donors (Lipinski definition) is 4. The van der Waals surface area contributed by atoms with Gasteiger partial charge in [0.1, 0.15) is 16.9 Å². The number of ether oxygens (including phenoxy) is 2. The highest BCUT2D eigenvalue weighted by Crippen LogP contribution is 2.43. The molecule has 0 saturated carbocycles. The molecule has 4 heterocycles. The quantitative estimate of drug-likeness (QED) is 0.135. The molecule has 270 valence electrons. The molecule has 52 heavy (non-hydrogen) atoms. The van der Waals surface area contributed by atoms with Gasteiger partial charge in [0.25, 0.3) is 5.91 Å². The van der Waals surface area contributed by atoms with E-state index >= 15 is 0 Å². The Kier molecular flexibility index (Phi) is 10.6. The molecule has 0 spiro atoms. The Morgan fingerprint density at radius 2 is 1.85 bits per heavy atom. The molecule has 7 rings (SSSR count). The summed E-state index contributed by atoms with van der Waals surface area (Å²) in [6.07, 6.45) is 4.15. The van der Waals surface area contributed by atoms with Crippen molar-refractivity contribution < 1.29 is 29.0 Å². The van der Waals surface area contributed by atoms with Crippen LogP contribution in [0, 0.1) is 5.92 Å². The molecular weight excluding hydrogens is 707 g/mol. The molecule has 1 aliphatic carbocycles. The second-order valence-corrected chi connectivity index (χ2v) is 14.1. The summed E-state index contributed by atoms with van der Waals surface area (Å²) in [4.78, 5) is 47.0. The number of carbonyl (C=O) groups is 3.